The van der Waals surface area contributed by atoms with E-state index in [4.69, 9.17) is 0 Å². The van der Waals surface area contributed by atoms with Gasteiger partial charge in [0.2, 0.25) is 5.91 Å². The first-order chi connectivity index (χ1) is 19.7. The second kappa shape index (κ2) is 32.1. The van der Waals surface area contributed by atoms with E-state index in [0.29, 0.717) is 6.42 Å². The van der Waals surface area contributed by atoms with Crippen LogP contribution in [0.1, 0.15) is 168 Å². The van der Waals surface area contributed by atoms with Gasteiger partial charge in [0, 0.05) is 6.42 Å². The number of carbonyl (C=O) groups excluding carboxylic acids is 1. The summed E-state index contributed by atoms with van der Waals surface area (Å²) in [6, 6.07) is -0.627. The molecule has 4 nitrogen and oxygen atoms in total. The molecule has 0 spiro atoms. The molecule has 0 aliphatic heterocycles. The largest absolute Gasteiger partial charge is 0.394 e. The number of hydrogen-bond donors (Lipinski definition) is 3. The highest BCUT2D eigenvalue weighted by Gasteiger charge is 2.17. The molecule has 4 heteroatoms. The molecule has 0 aliphatic rings. The number of allylic oxidation sites excluding steroid dienone is 5. The fourth-order valence-electron chi connectivity index (χ4n) is 4.88. The summed E-state index contributed by atoms with van der Waals surface area (Å²) >= 11 is 0. The third kappa shape index (κ3) is 28.1. The van der Waals surface area contributed by atoms with Gasteiger partial charge in [0.05, 0.1) is 18.8 Å². The molecule has 0 saturated heterocycles. The van der Waals surface area contributed by atoms with Crippen LogP contribution in [-0.2, 0) is 4.79 Å². The number of rotatable bonds is 30. The van der Waals surface area contributed by atoms with Gasteiger partial charge in [0.25, 0.3) is 0 Å². The minimum absolute atomic E-state index is 0.0787. The molecule has 0 aromatic rings. The SMILES string of the molecule is CCC/C=C\CCCCCCCC/C=C/[C@@H](O)[C@H](CO)NC(=O)CCCCCCC/C=C\CCCCCCCC. The van der Waals surface area contributed by atoms with Crippen molar-refractivity contribution in [2.45, 2.75) is 180 Å². The first-order valence-corrected chi connectivity index (χ1v) is 17.2. The second-order valence-electron chi connectivity index (χ2n) is 11.6. The van der Waals surface area contributed by atoms with Crippen LogP contribution < -0.4 is 5.32 Å². The molecule has 2 atom stereocenters. The van der Waals surface area contributed by atoms with Crippen LogP contribution in [0.25, 0.3) is 0 Å². The third-order valence-corrected chi connectivity index (χ3v) is 7.57. The first-order valence-electron chi connectivity index (χ1n) is 17.2. The molecule has 0 rings (SSSR count). The molecule has 0 heterocycles. The average molecular weight is 562 g/mol. The fraction of sp³-hybridized carbons (Fsp3) is 0.806. The molecule has 0 bridgehead atoms. The highest BCUT2D eigenvalue weighted by atomic mass is 16.3. The molecular formula is C36H67NO3. The smallest absolute Gasteiger partial charge is 0.220 e. The Morgan fingerprint density at radius 3 is 1.48 bits per heavy atom. The van der Waals surface area contributed by atoms with Crippen LogP contribution in [0.15, 0.2) is 36.5 Å². The molecule has 0 unspecified atom stereocenters. The Balaban J connectivity index is 3.68. The number of nitrogens with one attached hydrogen (secondary N) is 1. The molecule has 0 aliphatic carbocycles. The standard InChI is InChI=1S/C36H67NO3/c1-3-5-7-9-11-13-15-17-18-20-22-24-26-28-30-32-36(40)37-34(33-38)35(39)31-29-27-25-23-21-19-16-14-12-10-8-6-4-2/h8,10,17-18,29,31,34-35,38-39H,3-7,9,11-16,19-28,30,32-33H2,1-2H3,(H,37,40)/b10-8-,18-17-,31-29+/t34-,35+/m0/s1. The summed E-state index contributed by atoms with van der Waals surface area (Å²) in [6.07, 6.45) is 40.7. The van der Waals surface area contributed by atoms with E-state index in [1.165, 1.54) is 109 Å². The molecule has 0 aromatic heterocycles. The Hall–Kier alpha value is -1.39. The van der Waals surface area contributed by atoms with Crippen molar-refractivity contribution in [2.24, 2.45) is 0 Å². The van der Waals surface area contributed by atoms with Gasteiger partial charge in [-0.1, -0.05) is 134 Å². The lowest BCUT2D eigenvalue weighted by Crippen LogP contribution is -2.45. The lowest BCUT2D eigenvalue weighted by atomic mass is 10.1. The summed E-state index contributed by atoms with van der Waals surface area (Å²) in [6.45, 7) is 4.22. The van der Waals surface area contributed by atoms with Crippen LogP contribution in [0.4, 0.5) is 0 Å². The molecule has 0 fully saturated rings. The van der Waals surface area contributed by atoms with E-state index >= 15 is 0 Å². The Morgan fingerprint density at radius 2 is 1.00 bits per heavy atom. The zero-order valence-corrected chi connectivity index (χ0v) is 26.6. The average Bonchev–Trinajstić information content (AvgIpc) is 2.96. The van der Waals surface area contributed by atoms with Crippen molar-refractivity contribution in [3.8, 4) is 0 Å². The normalized spacial score (nSPS) is 13.6. The van der Waals surface area contributed by atoms with Gasteiger partial charge in [-0.15, -0.1) is 0 Å². The lowest BCUT2D eigenvalue weighted by molar-refractivity contribution is -0.123. The summed E-state index contributed by atoms with van der Waals surface area (Å²) in [5, 5.41) is 22.8. The lowest BCUT2D eigenvalue weighted by Gasteiger charge is -2.20. The van der Waals surface area contributed by atoms with E-state index in [1.807, 2.05) is 6.08 Å². The van der Waals surface area contributed by atoms with Crippen molar-refractivity contribution >= 4 is 5.91 Å². The molecule has 3 N–H and O–H groups in total. The van der Waals surface area contributed by atoms with Gasteiger partial charge in [0.1, 0.15) is 0 Å². The maximum absolute atomic E-state index is 12.3. The number of amides is 1. The predicted molar refractivity (Wildman–Crippen MR) is 175 cm³/mol. The maximum atomic E-state index is 12.3. The predicted octanol–water partition coefficient (Wildman–Crippen LogP) is 9.90. The molecular weight excluding hydrogens is 494 g/mol. The summed E-state index contributed by atoms with van der Waals surface area (Å²) in [5.74, 6) is -0.0787. The fourth-order valence-corrected chi connectivity index (χ4v) is 4.88. The minimum Gasteiger partial charge on any atom is -0.394 e. The van der Waals surface area contributed by atoms with Crippen molar-refractivity contribution in [1.29, 1.82) is 0 Å². The van der Waals surface area contributed by atoms with E-state index in [0.717, 1.165) is 38.5 Å². The Labute approximate surface area is 249 Å². The van der Waals surface area contributed by atoms with Crippen LogP contribution in [-0.4, -0.2) is 34.9 Å². The van der Waals surface area contributed by atoms with Crippen molar-refractivity contribution in [2.75, 3.05) is 6.61 Å². The van der Waals surface area contributed by atoms with Crippen LogP contribution in [0.2, 0.25) is 0 Å². The maximum Gasteiger partial charge on any atom is 0.220 e. The molecule has 1 amide bonds. The van der Waals surface area contributed by atoms with Crippen molar-refractivity contribution in [1.82, 2.24) is 5.32 Å². The van der Waals surface area contributed by atoms with Gasteiger partial charge >= 0.3 is 0 Å². The Morgan fingerprint density at radius 1 is 0.575 bits per heavy atom. The van der Waals surface area contributed by atoms with Gasteiger partial charge in [-0.3, -0.25) is 4.79 Å². The Kier molecular flexibility index (Phi) is 31.0. The van der Waals surface area contributed by atoms with Crippen molar-refractivity contribution in [3.05, 3.63) is 36.5 Å². The third-order valence-electron chi connectivity index (χ3n) is 7.57. The summed E-state index contributed by atoms with van der Waals surface area (Å²) in [7, 11) is 0. The highest BCUT2D eigenvalue weighted by Crippen LogP contribution is 2.12. The highest BCUT2D eigenvalue weighted by molar-refractivity contribution is 5.76. The quantitative estimate of drug-likeness (QED) is 0.0603. The second-order valence-corrected chi connectivity index (χ2v) is 11.6. The number of unbranched alkanes of at least 4 members (excludes halogenated alkanes) is 19. The van der Waals surface area contributed by atoms with E-state index in [2.05, 4.69) is 43.5 Å². The van der Waals surface area contributed by atoms with Gasteiger partial charge in [0.15, 0.2) is 0 Å². The first kappa shape index (κ1) is 38.6. The van der Waals surface area contributed by atoms with Gasteiger partial charge in [-0.05, 0) is 64.2 Å². The molecule has 234 valence electrons. The van der Waals surface area contributed by atoms with Crippen LogP contribution in [0.5, 0.6) is 0 Å². The van der Waals surface area contributed by atoms with Crippen LogP contribution in [0.3, 0.4) is 0 Å². The monoisotopic (exact) mass is 562 g/mol. The minimum atomic E-state index is -0.844. The zero-order chi connectivity index (χ0) is 29.4. The number of aliphatic hydroxyl groups excluding tert-OH is 2. The summed E-state index contributed by atoms with van der Waals surface area (Å²) < 4.78 is 0. The summed E-state index contributed by atoms with van der Waals surface area (Å²) in [5.41, 5.74) is 0. The van der Waals surface area contributed by atoms with Gasteiger partial charge < -0.3 is 15.5 Å². The number of carbonyl (C=O) groups is 1. The molecule has 0 radical (unpaired) electrons. The van der Waals surface area contributed by atoms with E-state index in [-0.39, 0.29) is 12.5 Å². The number of hydrogen-bond acceptors (Lipinski definition) is 3. The van der Waals surface area contributed by atoms with E-state index in [1.54, 1.807) is 6.08 Å². The van der Waals surface area contributed by atoms with Gasteiger partial charge in [-0.25, -0.2) is 0 Å². The van der Waals surface area contributed by atoms with Crippen LogP contribution in [0, 0.1) is 0 Å². The van der Waals surface area contributed by atoms with Gasteiger partial charge in [-0.2, -0.15) is 0 Å². The number of aliphatic hydroxyl groups is 2. The van der Waals surface area contributed by atoms with Crippen molar-refractivity contribution in [3.63, 3.8) is 0 Å². The van der Waals surface area contributed by atoms with E-state index in [9.17, 15) is 15.0 Å². The molecule has 0 aromatic carbocycles. The molecule has 0 saturated carbocycles. The zero-order valence-electron chi connectivity index (χ0n) is 26.6. The van der Waals surface area contributed by atoms with Crippen molar-refractivity contribution < 1.29 is 15.0 Å². The molecule has 40 heavy (non-hydrogen) atoms. The summed E-state index contributed by atoms with van der Waals surface area (Å²) in [4.78, 5) is 12.3. The van der Waals surface area contributed by atoms with E-state index < -0.39 is 12.1 Å². The van der Waals surface area contributed by atoms with Crippen LogP contribution >= 0.6 is 0 Å². The topological polar surface area (TPSA) is 69.6 Å². The Bertz CT molecular complexity index is 613.